The average molecular weight is 161 g/mol. The maximum absolute atomic E-state index is 10.6. The predicted octanol–water partition coefficient (Wildman–Crippen LogP) is -0.744. The van der Waals surface area contributed by atoms with Crippen molar-refractivity contribution in [1.29, 1.82) is 0 Å². The van der Waals surface area contributed by atoms with E-state index in [1.165, 1.54) is 6.92 Å². The fourth-order valence-electron chi connectivity index (χ4n) is 0.814. The summed E-state index contributed by atoms with van der Waals surface area (Å²) in [6, 6.07) is 0. The van der Waals surface area contributed by atoms with Gasteiger partial charge in [-0.05, 0) is 6.42 Å². The van der Waals surface area contributed by atoms with Gasteiger partial charge >= 0.3 is 0 Å². The highest BCUT2D eigenvalue weighted by molar-refractivity contribution is 5.73. The molecule has 4 nitrogen and oxygen atoms in total. The average Bonchev–Trinajstić information content (AvgIpc) is 2.00. The zero-order chi connectivity index (χ0) is 8.91. The first-order valence-corrected chi connectivity index (χ1v) is 3.60. The molecule has 0 radical (unpaired) electrons. The molecule has 0 aromatic heterocycles. The lowest BCUT2D eigenvalue weighted by molar-refractivity contribution is -0.122. The number of aliphatic hydroxyl groups is 2. The van der Waals surface area contributed by atoms with Gasteiger partial charge < -0.3 is 15.5 Å². The molecular formula is C7H15NO3. The van der Waals surface area contributed by atoms with E-state index in [9.17, 15) is 4.79 Å². The standard InChI is InChI=1S/C7H15NO3/c1-3-7(4-9,5-10)8-6(2)11/h9-10H,3-5H2,1-2H3,(H,8,11). The Hall–Kier alpha value is -0.610. The SMILES string of the molecule is CCC(CO)(CO)NC(C)=O. The van der Waals surface area contributed by atoms with Gasteiger partial charge in [0.2, 0.25) is 5.91 Å². The highest BCUT2D eigenvalue weighted by Crippen LogP contribution is 2.07. The summed E-state index contributed by atoms with van der Waals surface area (Å²) in [5.74, 6) is -0.241. The molecule has 0 fully saturated rings. The highest BCUT2D eigenvalue weighted by atomic mass is 16.3. The molecular weight excluding hydrogens is 146 g/mol. The van der Waals surface area contributed by atoms with Gasteiger partial charge in [0.05, 0.1) is 18.8 Å². The Labute approximate surface area is 66.2 Å². The molecule has 3 N–H and O–H groups in total. The van der Waals surface area contributed by atoms with E-state index in [1.54, 1.807) is 6.92 Å². The maximum atomic E-state index is 10.6. The molecule has 0 spiro atoms. The monoisotopic (exact) mass is 161 g/mol. The summed E-state index contributed by atoms with van der Waals surface area (Å²) in [6.45, 7) is 2.68. The molecule has 0 aliphatic heterocycles. The van der Waals surface area contributed by atoms with Crippen LogP contribution in [0.5, 0.6) is 0 Å². The maximum Gasteiger partial charge on any atom is 0.217 e. The Balaban J connectivity index is 4.16. The minimum atomic E-state index is -0.841. The van der Waals surface area contributed by atoms with Crippen LogP contribution in [0.2, 0.25) is 0 Å². The number of carbonyl (C=O) groups excluding carboxylic acids is 1. The van der Waals surface area contributed by atoms with Gasteiger partial charge in [0.1, 0.15) is 0 Å². The molecule has 0 aliphatic rings. The Morgan fingerprint density at radius 3 is 2.00 bits per heavy atom. The normalized spacial score (nSPS) is 11.3. The van der Waals surface area contributed by atoms with Gasteiger partial charge in [0, 0.05) is 6.92 Å². The Bertz CT molecular complexity index is 123. The Morgan fingerprint density at radius 2 is 1.91 bits per heavy atom. The van der Waals surface area contributed by atoms with Crippen LogP contribution < -0.4 is 5.32 Å². The van der Waals surface area contributed by atoms with Gasteiger partial charge in [0.25, 0.3) is 0 Å². The second kappa shape index (κ2) is 4.31. The number of rotatable bonds is 4. The van der Waals surface area contributed by atoms with Crippen molar-refractivity contribution in [3.05, 3.63) is 0 Å². The van der Waals surface area contributed by atoms with Crippen LogP contribution in [0, 0.1) is 0 Å². The van der Waals surface area contributed by atoms with Crippen molar-refractivity contribution in [2.45, 2.75) is 25.8 Å². The number of hydrogen-bond acceptors (Lipinski definition) is 3. The summed E-state index contributed by atoms with van der Waals surface area (Å²) in [6.07, 6.45) is 0.513. The molecule has 0 heterocycles. The molecule has 0 aliphatic carbocycles. The van der Waals surface area contributed by atoms with Crippen molar-refractivity contribution >= 4 is 5.91 Å². The molecule has 0 rings (SSSR count). The molecule has 0 saturated heterocycles. The van der Waals surface area contributed by atoms with E-state index >= 15 is 0 Å². The first-order chi connectivity index (χ1) is 5.10. The second-order valence-electron chi connectivity index (χ2n) is 2.63. The van der Waals surface area contributed by atoms with Gasteiger partial charge in [-0.2, -0.15) is 0 Å². The first kappa shape index (κ1) is 10.4. The molecule has 11 heavy (non-hydrogen) atoms. The fraction of sp³-hybridized carbons (Fsp3) is 0.857. The van der Waals surface area contributed by atoms with E-state index in [1.807, 2.05) is 0 Å². The lowest BCUT2D eigenvalue weighted by atomic mass is 9.99. The minimum absolute atomic E-state index is 0.237. The van der Waals surface area contributed by atoms with Crippen LogP contribution in [-0.2, 0) is 4.79 Å². The minimum Gasteiger partial charge on any atom is -0.394 e. The van der Waals surface area contributed by atoms with Gasteiger partial charge in [-0.3, -0.25) is 4.79 Å². The van der Waals surface area contributed by atoms with E-state index in [0.717, 1.165) is 0 Å². The van der Waals surface area contributed by atoms with E-state index in [0.29, 0.717) is 6.42 Å². The summed E-state index contributed by atoms with van der Waals surface area (Å²) in [5.41, 5.74) is -0.841. The number of carbonyl (C=O) groups is 1. The van der Waals surface area contributed by atoms with Crippen LogP contribution in [0.25, 0.3) is 0 Å². The van der Waals surface area contributed by atoms with Crippen LogP contribution in [0.1, 0.15) is 20.3 Å². The van der Waals surface area contributed by atoms with Gasteiger partial charge in [-0.1, -0.05) is 6.92 Å². The van der Waals surface area contributed by atoms with Crippen LogP contribution in [0.15, 0.2) is 0 Å². The molecule has 0 unspecified atom stereocenters. The van der Waals surface area contributed by atoms with Crippen molar-refractivity contribution in [3.8, 4) is 0 Å². The van der Waals surface area contributed by atoms with Crippen molar-refractivity contribution in [2.75, 3.05) is 13.2 Å². The van der Waals surface area contributed by atoms with E-state index in [2.05, 4.69) is 5.32 Å². The lowest BCUT2D eigenvalue weighted by Crippen LogP contribution is -2.53. The van der Waals surface area contributed by atoms with Gasteiger partial charge in [0.15, 0.2) is 0 Å². The number of amides is 1. The van der Waals surface area contributed by atoms with E-state index in [-0.39, 0.29) is 19.1 Å². The van der Waals surface area contributed by atoms with Crippen LogP contribution in [-0.4, -0.2) is 34.9 Å². The molecule has 0 aromatic carbocycles. The molecule has 66 valence electrons. The predicted molar refractivity (Wildman–Crippen MR) is 41.0 cm³/mol. The lowest BCUT2D eigenvalue weighted by Gasteiger charge is -2.28. The van der Waals surface area contributed by atoms with E-state index < -0.39 is 5.54 Å². The van der Waals surface area contributed by atoms with Gasteiger partial charge in [-0.25, -0.2) is 0 Å². The third-order valence-electron chi connectivity index (χ3n) is 1.72. The zero-order valence-electron chi connectivity index (χ0n) is 6.92. The molecule has 1 amide bonds. The summed E-state index contributed by atoms with van der Waals surface area (Å²) >= 11 is 0. The fourth-order valence-corrected chi connectivity index (χ4v) is 0.814. The second-order valence-corrected chi connectivity index (χ2v) is 2.63. The molecule has 0 bridgehead atoms. The first-order valence-electron chi connectivity index (χ1n) is 3.60. The quantitative estimate of drug-likeness (QED) is 0.508. The summed E-state index contributed by atoms with van der Waals surface area (Å²) in [7, 11) is 0. The van der Waals surface area contributed by atoms with Crippen LogP contribution in [0.4, 0.5) is 0 Å². The van der Waals surface area contributed by atoms with E-state index in [4.69, 9.17) is 10.2 Å². The van der Waals surface area contributed by atoms with Crippen molar-refractivity contribution in [1.82, 2.24) is 5.32 Å². The van der Waals surface area contributed by atoms with Crippen molar-refractivity contribution in [2.24, 2.45) is 0 Å². The number of nitrogens with one attached hydrogen (secondary N) is 1. The topological polar surface area (TPSA) is 69.6 Å². The Kier molecular flexibility index (Phi) is 4.07. The third-order valence-corrected chi connectivity index (χ3v) is 1.72. The molecule has 0 atom stereocenters. The van der Waals surface area contributed by atoms with Crippen LogP contribution >= 0.6 is 0 Å². The Morgan fingerprint density at radius 1 is 1.45 bits per heavy atom. The largest absolute Gasteiger partial charge is 0.394 e. The summed E-state index contributed by atoms with van der Waals surface area (Å²) in [5, 5.41) is 20.2. The van der Waals surface area contributed by atoms with Crippen LogP contribution in [0.3, 0.4) is 0 Å². The third kappa shape index (κ3) is 2.86. The molecule has 0 saturated carbocycles. The summed E-state index contributed by atoms with van der Waals surface area (Å²) < 4.78 is 0. The zero-order valence-corrected chi connectivity index (χ0v) is 6.92. The smallest absolute Gasteiger partial charge is 0.217 e. The van der Waals surface area contributed by atoms with Gasteiger partial charge in [-0.15, -0.1) is 0 Å². The molecule has 0 aromatic rings. The number of hydrogen-bond donors (Lipinski definition) is 3. The highest BCUT2D eigenvalue weighted by Gasteiger charge is 2.26. The van der Waals surface area contributed by atoms with Crippen molar-refractivity contribution in [3.63, 3.8) is 0 Å². The molecule has 4 heteroatoms. The van der Waals surface area contributed by atoms with Crippen molar-refractivity contribution < 1.29 is 15.0 Å². The number of aliphatic hydroxyl groups excluding tert-OH is 2. The summed E-state index contributed by atoms with van der Waals surface area (Å²) in [4.78, 5) is 10.6.